The number of aromatic nitrogens is 1. The summed E-state index contributed by atoms with van der Waals surface area (Å²) in [5, 5.41) is 0.707. The maximum atomic E-state index is 13.6. The first-order chi connectivity index (χ1) is 13.7. The zero-order valence-electron chi connectivity index (χ0n) is 16.6. The first kappa shape index (κ1) is 22.4. The van der Waals surface area contributed by atoms with Crippen molar-refractivity contribution in [2.45, 2.75) is 38.5 Å². The summed E-state index contributed by atoms with van der Waals surface area (Å²) in [4.78, 5) is 22.2. The molecule has 5 nitrogen and oxygen atoms in total. The Labute approximate surface area is 181 Å². The second-order valence-electron chi connectivity index (χ2n) is 7.74. The Hall–Kier alpha value is -1.28. The molecule has 1 aliphatic heterocycles. The number of benzene rings is 1. The number of anilines is 1. The van der Waals surface area contributed by atoms with Gasteiger partial charge in [0, 0.05) is 32.1 Å². The molecule has 1 saturated carbocycles. The van der Waals surface area contributed by atoms with Gasteiger partial charge in [-0.2, -0.15) is 0 Å². The highest BCUT2D eigenvalue weighted by Gasteiger charge is 2.28. The summed E-state index contributed by atoms with van der Waals surface area (Å²) in [5.41, 5.74) is 0.760. The Kier molecular flexibility index (Phi) is 8.24. The van der Waals surface area contributed by atoms with E-state index in [1.54, 1.807) is 6.07 Å². The number of amides is 1. The summed E-state index contributed by atoms with van der Waals surface area (Å²) < 4.78 is 19.8. The molecule has 1 aromatic carbocycles. The Morgan fingerprint density at radius 1 is 1.24 bits per heavy atom. The molecule has 160 valence electrons. The molecule has 0 unspecified atom stereocenters. The zero-order valence-corrected chi connectivity index (χ0v) is 18.3. The maximum Gasteiger partial charge on any atom is 0.231 e. The van der Waals surface area contributed by atoms with Gasteiger partial charge in [-0.25, -0.2) is 9.37 Å². The van der Waals surface area contributed by atoms with Crippen molar-refractivity contribution < 1.29 is 13.9 Å². The van der Waals surface area contributed by atoms with Crippen LogP contribution in [0.3, 0.4) is 0 Å². The molecular formula is C21H29ClFN3O2S. The number of fused-ring (bicyclic) bond motifs is 1. The van der Waals surface area contributed by atoms with Gasteiger partial charge in [0.05, 0.1) is 23.4 Å². The molecule has 1 aliphatic carbocycles. The van der Waals surface area contributed by atoms with Gasteiger partial charge in [-0.1, -0.05) is 30.6 Å². The van der Waals surface area contributed by atoms with Crippen molar-refractivity contribution in [3.63, 3.8) is 0 Å². The van der Waals surface area contributed by atoms with E-state index < -0.39 is 0 Å². The van der Waals surface area contributed by atoms with Crippen molar-refractivity contribution in [2.24, 2.45) is 5.92 Å². The van der Waals surface area contributed by atoms with Crippen molar-refractivity contribution >= 4 is 45.0 Å². The number of morpholine rings is 1. The molecule has 1 aromatic heterocycles. The summed E-state index contributed by atoms with van der Waals surface area (Å²) in [6.45, 7) is 5.10. The number of thiazole rings is 1. The fourth-order valence-corrected chi connectivity index (χ4v) is 5.17. The van der Waals surface area contributed by atoms with Crippen LogP contribution in [0.15, 0.2) is 18.2 Å². The summed E-state index contributed by atoms with van der Waals surface area (Å²) in [6, 6.07) is 4.63. The number of carbonyl (C=O) groups excluding carboxylic acids is 1. The van der Waals surface area contributed by atoms with E-state index in [0.29, 0.717) is 11.7 Å². The third-order valence-corrected chi connectivity index (χ3v) is 6.79. The molecule has 2 fully saturated rings. The Morgan fingerprint density at radius 2 is 2.00 bits per heavy atom. The average Bonchev–Trinajstić information content (AvgIpc) is 3.15. The average molecular weight is 442 g/mol. The van der Waals surface area contributed by atoms with Crippen LogP contribution in [0.5, 0.6) is 0 Å². The number of halogens is 2. The minimum atomic E-state index is -0.264. The first-order valence-corrected chi connectivity index (χ1v) is 11.2. The van der Waals surface area contributed by atoms with Gasteiger partial charge < -0.3 is 4.74 Å². The van der Waals surface area contributed by atoms with Crippen LogP contribution in [-0.4, -0.2) is 55.2 Å². The topological polar surface area (TPSA) is 45.7 Å². The molecule has 0 bridgehead atoms. The molecule has 1 saturated heterocycles. The minimum Gasteiger partial charge on any atom is -0.379 e. The number of rotatable bonds is 6. The SMILES string of the molecule is Cl.O=C(C1CCCCC1)N(CCCN1CCOCC1)c1nc2ccc(F)cc2s1. The lowest BCUT2D eigenvalue weighted by Gasteiger charge is -2.30. The van der Waals surface area contributed by atoms with Crippen molar-refractivity contribution in [3.05, 3.63) is 24.0 Å². The number of nitrogens with zero attached hydrogens (tertiary/aromatic N) is 3. The standard InChI is InChI=1S/C21H28FN3O2S.ClH/c22-17-7-8-18-19(15-17)28-21(23-18)25(20(26)16-5-2-1-3-6-16)10-4-9-24-11-13-27-14-12-24;/h7-8,15-16H,1-6,9-14H2;1H. The maximum absolute atomic E-state index is 13.6. The van der Waals surface area contributed by atoms with E-state index in [1.807, 2.05) is 4.90 Å². The van der Waals surface area contributed by atoms with Crippen LogP contribution in [0.1, 0.15) is 38.5 Å². The summed E-state index contributed by atoms with van der Waals surface area (Å²) >= 11 is 1.42. The fraction of sp³-hybridized carbons (Fsp3) is 0.619. The second-order valence-corrected chi connectivity index (χ2v) is 8.75. The predicted octanol–water partition coefficient (Wildman–Crippen LogP) is 4.49. The lowest BCUT2D eigenvalue weighted by atomic mass is 9.88. The molecular weight excluding hydrogens is 413 g/mol. The highest BCUT2D eigenvalue weighted by Crippen LogP contribution is 2.33. The van der Waals surface area contributed by atoms with Gasteiger partial charge in [0.15, 0.2) is 5.13 Å². The van der Waals surface area contributed by atoms with Gasteiger partial charge >= 0.3 is 0 Å². The summed E-state index contributed by atoms with van der Waals surface area (Å²) in [5.74, 6) is 0.0299. The Bertz CT molecular complexity index is 806. The van der Waals surface area contributed by atoms with Crippen molar-refractivity contribution in [1.29, 1.82) is 0 Å². The van der Waals surface area contributed by atoms with E-state index in [1.165, 1.54) is 29.9 Å². The smallest absolute Gasteiger partial charge is 0.231 e. The molecule has 8 heteroatoms. The number of carbonyl (C=O) groups is 1. The summed E-state index contributed by atoms with van der Waals surface area (Å²) in [6.07, 6.45) is 6.33. The quantitative estimate of drug-likeness (QED) is 0.662. The highest BCUT2D eigenvalue weighted by molar-refractivity contribution is 7.22. The van der Waals surface area contributed by atoms with E-state index >= 15 is 0 Å². The molecule has 2 aliphatic rings. The molecule has 2 heterocycles. The van der Waals surface area contributed by atoms with Gasteiger partial charge in [0.25, 0.3) is 0 Å². The molecule has 1 amide bonds. The van der Waals surface area contributed by atoms with Crippen LogP contribution in [0, 0.1) is 11.7 Å². The first-order valence-electron chi connectivity index (χ1n) is 10.4. The predicted molar refractivity (Wildman–Crippen MR) is 118 cm³/mol. The van der Waals surface area contributed by atoms with Crippen LogP contribution >= 0.6 is 23.7 Å². The van der Waals surface area contributed by atoms with E-state index in [4.69, 9.17) is 4.74 Å². The van der Waals surface area contributed by atoms with Gasteiger partial charge in [-0.15, -0.1) is 12.4 Å². The van der Waals surface area contributed by atoms with Gasteiger partial charge in [-0.3, -0.25) is 14.6 Å². The van der Waals surface area contributed by atoms with Crippen molar-refractivity contribution in [3.8, 4) is 0 Å². The minimum absolute atomic E-state index is 0. The molecule has 0 spiro atoms. The zero-order chi connectivity index (χ0) is 19.3. The van der Waals surface area contributed by atoms with Crippen LogP contribution in [0.2, 0.25) is 0 Å². The van der Waals surface area contributed by atoms with Crippen LogP contribution < -0.4 is 4.90 Å². The van der Waals surface area contributed by atoms with Crippen molar-refractivity contribution in [2.75, 3.05) is 44.3 Å². The molecule has 0 radical (unpaired) electrons. The van der Waals surface area contributed by atoms with Crippen LogP contribution in [0.25, 0.3) is 10.2 Å². The van der Waals surface area contributed by atoms with Gasteiger partial charge in [-0.05, 0) is 37.5 Å². The molecule has 2 aromatic rings. The molecule has 0 atom stereocenters. The molecule has 0 N–H and O–H groups in total. The largest absolute Gasteiger partial charge is 0.379 e. The third-order valence-electron chi connectivity index (χ3n) is 5.75. The van der Waals surface area contributed by atoms with Crippen LogP contribution in [-0.2, 0) is 9.53 Å². The number of ether oxygens (including phenoxy) is 1. The fourth-order valence-electron chi connectivity index (χ4n) is 4.15. The molecule has 29 heavy (non-hydrogen) atoms. The van der Waals surface area contributed by atoms with E-state index in [9.17, 15) is 9.18 Å². The number of hydrogen-bond donors (Lipinski definition) is 0. The summed E-state index contributed by atoms with van der Waals surface area (Å²) in [7, 11) is 0. The van der Waals surface area contributed by atoms with E-state index in [2.05, 4.69) is 9.88 Å². The Balaban J connectivity index is 0.00000240. The van der Waals surface area contributed by atoms with E-state index in [-0.39, 0.29) is 30.0 Å². The van der Waals surface area contributed by atoms with E-state index in [0.717, 1.165) is 75.2 Å². The Morgan fingerprint density at radius 3 is 2.76 bits per heavy atom. The highest BCUT2D eigenvalue weighted by atomic mass is 35.5. The van der Waals surface area contributed by atoms with Gasteiger partial charge in [0.1, 0.15) is 5.82 Å². The number of hydrogen-bond acceptors (Lipinski definition) is 5. The monoisotopic (exact) mass is 441 g/mol. The second kappa shape index (κ2) is 10.7. The van der Waals surface area contributed by atoms with Crippen molar-refractivity contribution in [1.82, 2.24) is 9.88 Å². The molecule has 4 rings (SSSR count). The third kappa shape index (κ3) is 5.66. The lowest BCUT2D eigenvalue weighted by molar-refractivity contribution is -0.123. The van der Waals surface area contributed by atoms with Gasteiger partial charge in [0.2, 0.25) is 5.91 Å². The van der Waals surface area contributed by atoms with Crippen LogP contribution in [0.4, 0.5) is 9.52 Å². The normalized spacial score (nSPS) is 18.5. The lowest BCUT2D eigenvalue weighted by Crippen LogP contribution is -2.41.